The van der Waals surface area contributed by atoms with Crippen LogP contribution < -0.4 is 16.5 Å². The molecule has 1 fully saturated rings. The summed E-state index contributed by atoms with van der Waals surface area (Å²) in [5, 5.41) is 2.68. The smallest absolute Gasteiger partial charge is 0.205 e. The summed E-state index contributed by atoms with van der Waals surface area (Å²) in [5.41, 5.74) is 6.04. The molecule has 3 aromatic rings. The Bertz CT molecular complexity index is 1180. The van der Waals surface area contributed by atoms with Crippen LogP contribution in [0, 0.1) is 18.2 Å². The summed E-state index contributed by atoms with van der Waals surface area (Å²) in [6, 6.07) is 4.85. The molecule has 3 N–H and O–H groups in total. The minimum Gasteiger partial charge on any atom is -0.396 e. The third-order valence-electron chi connectivity index (χ3n) is 5.07. The first-order valence-electron chi connectivity index (χ1n) is 9.38. The van der Waals surface area contributed by atoms with E-state index >= 15 is 4.39 Å². The average molecular weight is 395 g/mol. The highest BCUT2D eigenvalue weighted by Crippen LogP contribution is 2.40. The lowest BCUT2D eigenvalue weighted by molar-refractivity contribution is 0.589. The molecule has 0 radical (unpaired) electrons. The number of nitrogens with two attached hydrogens (primary N) is 1. The van der Waals surface area contributed by atoms with Crippen molar-refractivity contribution >= 4 is 28.0 Å². The van der Waals surface area contributed by atoms with E-state index in [-0.39, 0.29) is 28.3 Å². The van der Waals surface area contributed by atoms with Gasteiger partial charge in [-0.05, 0) is 25.7 Å². The Kier molecular flexibility index (Phi) is 4.89. The molecule has 1 saturated carbocycles. The number of anilines is 2. The second-order valence-corrected chi connectivity index (χ2v) is 7.11. The molecule has 0 amide bonds. The molecule has 0 saturated heterocycles. The van der Waals surface area contributed by atoms with Crippen LogP contribution in [0.25, 0.3) is 15.7 Å². The van der Waals surface area contributed by atoms with E-state index in [4.69, 9.17) is 12.3 Å². The van der Waals surface area contributed by atoms with Crippen molar-refractivity contribution in [2.75, 3.05) is 17.6 Å². The molecule has 1 aromatic carbocycles. The van der Waals surface area contributed by atoms with Crippen molar-refractivity contribution < 1.29 is 8.78 Å². The Hall–Kier alpha value is -3.47. The molecule has 0 bridgehead atoms. The van der Waals surface area contributed by atoms with Crippen molar-refractivity contribution in [1.82, 2.24) is 9.55 Å². The van der Waals surface area contributed by atoms with Crippen LogP contribution in [0.5, 0.6) is 0 Å². The van der Waals surface area contributed by atoms with Crippen molar-refractivity contribution in [3.05, 3.63) is 69.6 Å². The molecule has 1 aliphatic rings. The number of aryl methyl sites for hydroxylation is 1. The van der Waals surface area contributed by atoms with Gasteiger partial charge in [0, 0.05) is 36.7 Å². The highest BCUT2D eigenvalue weighted by Gasteiger charge is 2.29. The first-order valence-corrected chi connectivity index (χ1v) is 9.38. The minimum absolute atomic E-state index is 0.0535. The van der Waals surface area contributed by atoms with Gasteiger partial charge in [-0.15, -0.1) is 0 Å². The summed E-state index contributed by atoms with van der Waals surface area (Å²) in [6.45, 7) is 7.22. The molecule has 8 heteroatoms. The SMILES string of the molecule is [C-]#[N+]c1ccc(CCCNc2c(F)c(N)c3c(=O)ccn(C4CC4)c3c2F)nc1. The van der Waals surface area contributed by atoms with Crippen LogP contribution in [-0.2, 0) is 6.42 Å². The maximum atomic E-state index is 15.2. The summed E-state index contributed by atoms with van der Waals surface area (Å²) < 4.78 is 31.6. The number of nitrogen functional groups attached to an aromatic ring is 1. The second-order valence-electron chi connectivity index (χ2n) is 7.11. The number of nitrogens with one attached hydrogen (secondary N) is 1. The van der Waals surface area contributed by atoms with Gasteiger partial charge in [0.2, 0.25) is 5.69 Å². The zero-order valence-electron chi connectivity index (χ0n) is 15.6. The summed E-state index contributed by atoms with van der Waals surface area (Å²) in [5.74, 6) is -1.74. The number of pyridine rings is 2. The number of hydrogen-bond donors (Lipinski definition) is 2. The lowest BCUT2D eigenvalue weighted by Gasteiger charge is -2.17. The average Bonchev–Trinajstić information content (AvgIpc) is 3.57. The van der Waals surface area contributed by atoms with Gasteiger partial charge in [-0.25, -0.2) is 13.6 Å². The zero-order valence-corrected chi connectivity index (χ0v) is 15.6. The highest BCUT2D eigenvalue weighted by molar-refractivity contribution is 5.94. The molecule has 0 unspecified atom stereocenters. The number of aromatic nitrogens is 2. The van der Waals surface area contributed by atoms with Crippen LogP contribution in [0.15, 0.2) is 35.4 Å². The molecule has 0 spiro atoms. The van der Waals surface area contributed by atoms with Crippen LogP contribution in [-0.4, -0.2) is 16.1 Å². The molecular formula is C21H19F2N5O. The number of rotatable bonds is 6. The van der Waals surface area contributed by atoms with E-state index in [9.17, 15) is 9.18 Å². The van der Waals surface area contributed by atoms with Crippen molar-refractivity contribution in [2.45, 2.75) is 31.7 Å². The topological polar surface area (TPSA) is 77.3 Å². The largest absolute Gasteiger partial charge is 0.396 e. The van der Waals surface area contributed by atoms with E-state index < -0.39 is 17.1 Å². The maximum Gasteiger partial charge on any atom is 0.205 e. The van der Waals surface area contributed by atoms with Crippen molar-refractivity contribution in [3.63, 3.8) is 0 Å². The maximum absolute atomic E-state index is 15.2. The van der Waals surface area contributed by atoms with Gasteiger partial charge < -0.3 is 15.6 Å². The molecule has 6 nitrogen and oxygen atoms in total. The fourth-order valence-electron chi connectivity index (χ4n) is 3.42. The zero-order chi connectivity index (χ0) is 20.5. The van der Waals surface area contributed by atoms with Gasteiger partial charge in [0.25, 0.3) is 0 Å². The standard InChI is InChI=1S/C21H19F2N5O/c1-25-13-5-4-12(27-11-13)3-2-9-26-20-17(22)19(24)16-15(29)8-10-28(14-6-7-14)21(16)18(20)23/h4-5,8,10-11,14,26H,2-3,6-7,9,24H2. The summed E-state index contributed by atoms with van der Waals surface area (Å²) in [4.78, 5) is 19.7. The van der Waals surface area contributed by atoms with E-state index in [1.54, 1.807) is 22.9 Å². The lowest BCUT2D eigenvalue weighted by atomic mass is 10.1. The Morgan fingerprint density at radius 1 is 1.28 bits per heavy atom. The van der Waals surface area contributed by atoms with Crippen molar-refractivity contribution in [1.29, 1.82) is 0 Å². The van der Waals surface area contributed by atoms with Gasteiger partial charge in [-0.3, -0.25) is 9.78 Å². The van der Waals surface area contributed by atoms with E-state index in [1.807, 2.05) is 0 Å². The molecule has 1 aliphatic carbocycles. The first kappa shape index (κ1) is 18.9. The van der Waals surface area contributed by atoms with Gasteiger partial charge in [-0.2, -0.15) is 0 Å². The van der Waals surface area contributed by atoms with Gasteiger partial charge in [0.05, 0.1) is 23.2 Å². The number of halogens is 2. The third kappa shape index (κ3) is 3.51. The van der Waals surface area contributed by atoms with E-state index in [0.29, 0.717) is 25.1 Å². The van der Waals surface area contributed by atoms with Gasteiger partial charge in [0.15, 0.2) is 17.1 Å². The number of nitrogens with zero attached hydrogens (tertiary/aromatic N) is 3. The molecule has 2 aromatic heterocycles. The number of fused-ring (bicyclic) bond motifs is 1. The third-order valence-corrected chi connectivity index (χ3v) is 5.07. The molecule has 4 rings (SSSR count). The Morgan fingerprint density at radius 3 is 2.72 bits per heavy atom. The summed E-state index contributed by atoms with van der Waals surface area (Å²) in [6.07, 6.45) is 5.98. The molecule has 0 aliphatic heterocycles. The van der Waals surface area contributed by atoms with Gasteiger partial charge in [-0.1, -0.05) is 12.1 Å². The van der Waals surface area contributed by atoms with Crippen LogP contribution in [0.1, 0.15) is 31.0 Å². The normalized spacial score (nSPS) is 13.4. The van der Waals surface area contributed by atoms with E-state index in [2.05, 4.69) is 15.1 Å². The van der Waals surface area contributed by atoms with E-state index in [0.717, 1.165) is 18.5 Å². The Labute approximate surface area is 165 Å². The number of benzene rings is 1. The Balaban J connectivity index is 1.58. The summed E-state index contributed by atoms with van der Waals surface area (Å²) in [7, 11) is 0. The van der Waals surface area contributed by atoms with Crippen molar-refractivity contribution in [3.8, 4) is 0 Å². The second kappa shape index (κ2) is 7.51. The predicted octanol–water partition coefficient (Wildman–Crippen LogP) is 4.19. The van der Waals surface area contributed by atoms with Gasteiger partial charge in [0.1, 0.15) is 5.69 Å². The number of hydrogen-bond acceptors (Lipinski definition) is 4. The van der Waals surface area contributed by atoms with Crippen LogP contribution in [0.3, 0.4) is 0 Å². The predicted molar refractivity (Wildman–Crippen MR) is 108 cm³/mol. The molecule has 29 heavy (non-hydrogen) atoms. The molecule has 0 atom stereocenters. The molecule has 2 heterocycles. The first-order chi connectivity index (χ1) is 14.0. The molecule has 148 valence electrons. The quantitative estimate of drug-likeness (QED) is 0.373. The van der Waals surface area contributed by atoms with Crippen molar-refractivity contribution in [2.24, 2.45) is 0 Å². The van der Waals surface area contributed by atoms with Gasteiger partial charge >= 0.3 is 0 Å². The Morgan fingerprint density at radius 2 is 2.07 bits per heavy atom. The fraction of sp³-hybridized carbons (Fsp3) is 0.286. The monoisotopic (exact) mass is 395 g/mol. The van der Waals surface area contributed by atoms with Crippen LogP contribution in [0.4, 0.5) is 25.8 Å². The fourth-order valence-corrected chi connectivity index (χ4v) is 3.42. The van der Waals surface area contributed by atoms with E-state index in [1.165, 1.54) is 12.3 Å². The summed E-state index contributed by atoms with van der Waals surface area (Å²) >= 11 is 0. The lowest BCUT2D eigenvalue weighted by Crippen LogP contribution is -2.16. The minimum atomic E-state index is -0.944. The molecular weight excluding hydrogens is 376 g/mol. The highest BCUT2D eigenvalue weighted by atomic mass is 19.1. The van der Waals surface area contributed by atoms with Crippen LogP contribution in [0.2, 0.25) is 0 Å². The van der Waals surface area contributed by atoms with Crippen LogP contribution >= 0.6 is 0 Å².